The first-order chi connectivity index (χ1) is 5.02. The number of carboxylic acids is 1. The lowest BCUT2D eigenvalue weighted by Gasteiger charge is -2.21. The minimum absolute atomic E-state index is 0.144. The number of allylic oxidation sites excluding steroid dienone is 1. The quantitative estimate of drug-likeness (QED) is 0.662. The lowest BCUT2D eigenvalue weighted by Crippen LogP contribution is -2.34. The molecule has 0 saturated carbocycles. The molecule has 0 amide bonds. The largest absolute Gasteiger partial charge is 0.481 e. The summed E-state index contributed by atoms with van der Waals surface area (Å²) in [6.45, 7) is 3.85. The summed E-state index contributed by atoms with van der Waals surface area (Å²) in [4.78, 5) is 11.2. The van der Waals surface area contributed by atoms with E-state index >= 15 is 0 Å². The van der Waals surface area contributed by atoms with Gasteiger partial charge in [0.1, 0.15) is 0 Å². The second kappa shape index (κ2) is 2.77. The molecule has 1 aliphatic heterocycles. The van der Waals surface area contributed by atoms with Gasteiger partial charge in [0.25, 0.3) is 0 Å². The van der Waals surface area contributed by atoms with Gasteiger partial charge < -0.3 is 10.4 Å². The van der Waals surface area contributed by atoms with Crippen molar-refractivity contribution in [2.75, 3.05) is 0 Å². The summed E-state index contributed by atoms with van der Waals surface area (Å²) in [5.41, 5.74) is 0. The molecule has 1 aliphatic rings. The molecule has 0 aromatic heterocycles. The van der Waals surface area contributed by atoms with Gasteiger partial charge in [-0.25, -0.2) is 0 Å². The molecule has 0 aromatic carbocycles. The second-order valence-electron chi connectivity index (χ2n) is 2.80. The van der Waals surface area contributed by atoms with Crippen LogP contribution in [0.2, 0.25) is 0 Å². The molecule has 4 heteroatoms. The molecule has 2 N–H and O–H groups in total. The van der Waals surface area contributed by atoms with Crippen LogP contribution in [0.15, 0.2) is 11.1 Å². The van der Waals surface area contributed by atoms with Gasteiger partial charge >= 0.3 is 5.97 Å². The van der Waals surface area contributed by atoms with E-state index in [1.807, 2.05) is 20.0 Å². The van der Waals surface area contributed by atoms with Gasteiger partial charge in [-0.2, -0.15) is 0 Å². The summed E-state index contributed by atoms with van der Waals surface area (Å²) < 4.78 is 0. The van der Waals surface area contributed by atoms with Crippen LogP contribution in [0.5, 0.6) is 0 Å². The van der Waals surface area contributed by atoms with Gasteiger partial charge in [-0.1, -0.05) is 0 Å². The molecular formula is C7H11NO2S. The average molecular weight is 173 g/mol. The standard InChI is InChI=1S/C7H11NO2S/c1-5-4-8-7(2,11-5)3-6(9)10/h4,8H,3H2,1-2H3,(H,9,10). The summed E-state index contributed by atoms with van der Waals surface area (Å²) in [7, 11) is 0. The van der Waals surface area contributed by atoms with Crippen molar-refractivity contribution >= 4 is 17.7 Å². The Balaban J connectivity index is 2.52. The Labute approximate surface area is 69.9 Å². The summed E-state index contributed by atoms with van der Waals surface area (Å²) >= 11 is 1.57. The summed E-state index contributed by atoms with van der Waals surface area (Å²) in [5, 5.41) is 11.6. The Kier molecular flexibility index (Phi) is 2.13. The summed E-state index contributed by atoms with van der Waals surface area (Å²) in [5.74, 6) is -0.768. The van der Waals surface area contributed by atoms with Crippen molar-refractivity contribution in [1.29, 1.82) is 0 Å². The normalized spacial score (nSPS) is 29.5. The fraction of sp³-hybridized carbons (Fsp3) is 0.571. The summed E-state index contributed by atoms with van der Waals surface area (Å²) in [6.07, 6.45) is 2.00. The van der Waals surface area contributed by atoms with E-state index in [2.05, 4.69) is 5.32 Å². The van der Waals surface area contributed by atoms with Crippen molar-refractivity contribution in [2.24, 2.45) is 0 Å². The van der Waals surface area contributed by atoms with Gasteiger partial charge in [-0.15, -0.1) is 11.8 Å². The number of hydrogen-bond acceptors (Lipinski definition) is 3. The first kappa shape index (κ1) is 8.46. The van der Waals surface area contributed by atoms with E-state index in [-0.39, 0.29) is 11.3 Å². The lowest BCUT2D eigenvalue weighted by molar-refractivity contribution is -0.137. The van der Waals surface area contributed by atoms with E-state index in [1.54, 1.807) is 11.8 Å². The molecule has 1 atom stereocenters. The SMILES string of the molecule is CC1=CNC(C)(CC(=O)O)S1. The fourth-order valence-electron chi connectivity index (χ4n) is 1.04. The molecule has 0 saturated heterocycles. The van der Waals surface area contributed by atoms with Crippen LogP contribution in [0.25, 0.3) is 0 Å². The van der Waals surface area contributed by atoms with Crippen LogP contribution in [-0.2, 0) is 4.79 Å². The smallest absolute Gasteiger partial charge is 0.306 e. The zero-order chi connectivity index (χ0) is 8.48. The van der Waals surface area contributed by atoms with Crippen molar-refractivity contribution in [3.63, 3.8) is 0 Å². The van der Waals surface area contributed by atoms with Gasteiger partial charge in [-0.05, 0) is 18.8 Å². The number of hydrogen-bond donors (Lipinski definition) is 2. The Bertz CT molecular complexity index is 214. The van der Waals surface area contributed by atoms with Crippen molar-refractivity contribution in [2.45, 2.75) is 25.1 Å². The van der Waals surface area contributed by atoms with Crippen molar-refractivity contribution in [3.05, 3.63) is 11.1 Å². The van der Waals surface area contributed by atoms with Gasteiger partial charge in [0.15, 0.2) is 0 Å². The molecule has 11 heavy (non-hydrogen) atoms. The molecule has 0 radical (unpaired) electrons. The van der Waals surface area contributed by atoms with Gasteiger partial charge in [-0.3, -0.25) is 4.79 Å². The van der Waals surface area contributed by atoms with E-state index in [1.165, 1.54) is 0 Å². The highest BCUT2D eigenvalue weighted by atomic mass is 32.2. The first-order valence-corrected chi connectivity index (χ1v) is 4.19. The van der Waals surface area contributed by atoms with Crippen LogP contribution < -0.4 is 5.32 Å². The van der Waals surface area contributed by atoms with Gasteiger partial charge in [0, 0.05) is 6.20 Å². The number of carbonyl (C=O) groups is 1. The molecule has 1 heterocycles. The molecule has 3 nitrogen and oxygen atoms in total. The highest BCUT2D eigenvalue weighted by molar-refractivity contribution is 8.04. The fourth-order valence-corrected chi connectivity index (χ4v) is 2.19. The van der Waals surface area contributed by atoms with Crippen LogP contribution >= 0.6 is 11.8 Å². The summed E-state index contributed by atoms with van der Waals surface area (Å²) in [6, 6.07) is 0. The Hall–Kier alpha value is -0.640. The zero-order valence-corrected chi connectivity index (χ0v) is 7.36. The van der Waals surface area contributed by atoms with Gasteiger partial charge in [0.05, 0.1) is 11.3 Å². The highest BCUT2D eigenvalue weighted by Crippen LogP contribution is 2.36. The van der Waals surface area contributed by atoms with Crippen LogP contribution in [0, 0.1) is 0 Å². The number of rotatable bonds is 2. The number of carboxylic acid groups (broad SMARTS) is 1. The van der Waals surface area contributed by atoms with E-state index in [0.29, 0.717) is 0 Å². The van der Waals surface area contributed by atoms with E-state index in [4.69, 9.17) is 5.11 Å². The molecule has 0 fully saturated rings. The zero-order valence-electron chi connectivity index (χ0n) is 6.55. The van der Waals surface area contributed by atoms with Crippen LogP contribution in [0.4, 0.5) is 0 Å². The van der Waals surface area contributed by atoms with E-state index < -0.39 is 5.97 Å². The molecule has 0 bridgehead atoms. The first-order valence-electron chi connectivity index (χ1n) is 3.37. The number of aliphatic carboxylic acids is 1. The van der Waals surface area contributed by atoms with E-state index in [0.717, 1.165) is 4.91 Å². The Morgan fingerprint density at radius 2 is 2.55 bits per heavy atom. The average Bonchev–Trinajstić information content (AvgIpc) is 2.08. The maximum atomic E-state index is 10.4. The van der Waals surface area contributed by atoms with Crippen LogP contribution in [-0.4, -0.2) is 15.9 Å². The van der Waals surface area contributed by atoms with Crippen molar-refractivity contribution < 1.29 is 9.90 Å². The maximum absolute atomic E-state index is 10.4. The minimum Gasteiger partial charge on any atom is -0.481 e. The van der Waals surface area contributed by atoms with E-state index in [9.17, 15) is 4.79 Å². The lowest BCUT2D eigenvalue weighted by atomic mass is 10.2. The molecule has 62 valence electrons. The molecule has 0 spiro atoms. The number of nitrogens with one attached hydrogen (secondary N) is 1. The Morgan fingerprint density at radius 3 is 2.91 bits per heavy atom. The highest BCUT2D eigenvalue weighted by Gasteiger charge is 2.30. The second-order valence-corrected chi connectivity index (χ2v) is 4.55. The van der Waals surface area contributed by atoms with Crippen LogP contribution in [0.1, 0.15) is 20.3 Å². The monoisotopic (exact) mass is 173 g/mol. The van der Waals surface area contributed by atoms with Crippen molar-refractivity contribution in [3.8, 4) is 0 Å². The van der Waals surface area contributed by atoms with Crippen LogP contribution in [0.3, 0.4) is 0 Å². The predicted molar refractivity (Wildman–Crippen MR) is 45.1 cm³/mol. The number of thioether (sulfide) groups is 1. The molecular weight excluding hydrogens is 162 g/mol. The third kappa shape index (κ3) is 2.15. The topological polar surface area (TPSA) is 49.3 Å². The minimum atomic E-state index is -0.768. The molecule has 1 unspecified atom stereocenters. The third-order valence-electron chi connectivity index (χ3n) is 1.46. The Morgan fingerprint density at radius 1 is 1.91 bits per heavy atom. The van der Waals surface area contributed by atoms with Crippen molar-refractivity contribution in [1.82, 2.24) is 5.32 Å². The molecule has 0 aromatic rings. The molecule has 0 aliphatic carbocycles. The third-order valence-corrected chi connectivity index (χ3v) is 2.61. The van der Waals surface area contributed by atoms with Gasteiger partial charge in [0.2, 0.25) is 0 Å². The molecule has 1 rings (SSSR count). The maximum Gasteiger partial charge on any atom is 0.306 e. The predicted octanol–water partition coefficient (Wildman–Crippen LogP) is 1.38.